The van der Waals surface area contributed by atoms with E-state index in [2.05, 4.69) is 19.9 Å². The Morgan fingerprint density at radius 2 is 1.95 bits per heavy atom. The molecular formula is C16H24O3. The Labute approximate surface area is 115 Å². The van der Waals surface area contributed by atoms with E-state index in [1.54, 1.807) is 0 Å². The highest BCUT2D eigenvalue weighted by molar-refractivity contribution is 5.75. The van der Waals surface area contributed by atoms with Crippen LogP contribution >= 0.6 is 0 Å². The molecule has 19 heavy (non-hydrogen) atoms. The number of para-hydroxylation sites is 1. The molecule has 1 rings (SSSR count). The van der Waals surface area contributed by atoms with E-state index in [0.29, 0.717) is 12.5 Å². The third kappa shape index (κ3) is 3.98. The van der Waals surface area contributed by atoms with Gasteiger partial charge < -0.3 is 9.47 Å². The third-order valence-corrected chi connectivity index (χ3v) is 3.39. The van der Waals surface area contributed by atoms with Crippen LogP contribution in [0.1, 0.15) is 45.6 Å². The Hall–Kier alpha value is -1.51. The minimum atomic E-state index is -0.642. The average molecular weight is 264 g/mol. The second-order valence-corrected chi connectivity index (χ2v) is 5.51. The molecule has 0 amide bonds. The van der Waals surface area contributed by atoms with Crippen molar-refractivity contribution in [3.05, 3.63) is 29.8 Å². The first-order chi connectivity index (χ1) is 8.92. The lowest BCUT2D eigenvalue weighted by Crippen LogP contribution is -2.32. The van der Waals surface area contributed by atoms with Gasteiger partial charge in [0.15, 0.2) is 0 Å². The molecular weight excluding hydrogens is 240 g/mol. The molecule has 0 aliphatic rings. The van der Waals surface area contributed by atoms with Crippen LogP contribution in [0.2, 0.25) is 0 Å². The van der Waals surface area contributed by atoms with Crippen LogP contribution in [0.15, 0.2) is 24.3 Å². The fourth-order valence-corrected chi connectivity index (χ4v) is 1.83. The van der Waals surface area contributed by atoms with Gasteiger partial charge in [0.25, 0.3) is 0 Å². The van der Waals surface area contributed by atoms with Gasteiger partial charge in [0.2, 0.25) is 0 Å². The lowest BCUT2D eigenvalue weighted by Gasteiger charge is -2.23. The van der Waals surface area contributed by atoms with E-state index in [1.165, 1.54) is 12.7 Å². The first kappa shape index (κ1) is 15.5. The molecule has 106 valence electrons. The zero-order valence-corrected chi connectivity index (χ0v) is 12.5. The van der Waals surface area contributed by atoms with Crippen LogP contribution in [-0.4, -0.2) is 19.7 Å². The van der Waals surface area contributed by atoms with Gasteiger partial charge in [-0.1, -0.05) is 32.0 Å². The maximum Gasteiger partial charge on any atom is 0.314 e. The summed E-state index contributed by atoms with van der Waals surface area (Å²) < 4.78 is 10.6. The summed E-state index contributed by atoms with van der Waals surface area (Å²) in [5.41, 5.74) is 0.544. The van der Waals surface area contributed by atoms with Crippen molar-refractivity contribution in [3.8, 4) is 5.75 Å². The van der Waals surface area contributed by atoms with Crippen LogP contribution < -0.4 is 4.74 Å². The van der Waals surface area contributed by atoms with E-state index >= 15 is 0 Å². The normalized spacial score (nSPS) is 12.9. The summed E-state index contributed by atoms with van der Waals surface area (Å²) in [6, 6.07) is 8.00. The lowest BCUT2D eigenvalue weighted by atomic mass is 9.94. The van der Waals surface area contributed by atoms with Crippen LogP contribution in [0, 0.1) is 5.41 Å². The number of ether oxygens (including phenoxy) is 2. The molecule has 0 radical (unpaired) electrons. The summed E-state index contributed by atoms with van der Waals surface area (Å²) >= 11 is 0. The largest absolute Gasteiger partial charge is 0.492 e. The number of rotatable bonds is 6. The molecule has 1 aromatic carbocycles. The summed E-state index contributed by atoms with van der Waals surface area (Å²) in [5.74, 6) is 1.04. The van der Waals surface area contributed by atoms with Crippen LogP contribution in [0.5, 0.6) is 5.75 Å². The maximum atomic E-state index is 11.6. The van der Waals surface area contributed by atoms with Crippen LogP contribution in [0.4, 0.5) is 0 Å². The predicted molar refractivity (Wildman–Crippen MR) is 76.4 cm³/mol. The minimum absolute atomic E-state index is 0.256. The standard InChI is InChI=1S/C16H24O3/c1-6-12(2)13-9-7-8-10-14(13)19-11-16(3,4)15(17)18-5/h7-10,12H,6,11H2,1-5H3. The quantitative estimate of drug-likeness (QED) is 0.733. The molecule has 0 saturated carbocycles. The second-order valence-electron chi connectivity index (χ2n) is 5.51. The highest BCUT2D eigenvalue weighted by Gasteiger charge is 2.30. The van der Waals surface area contributed by atoms with Gasteiger partial charge in [0.1, 0.15) is 12.4 Å². The van der Waals surface area contributed by atoms with E-state index in [1.807, 2.05) is 32.0 Å². The summed E-state index contributed by atoms with van der Waals surface area (Å²) in [7, 11) is 1.40. The van der Waals surface area contributed by atoms with E-state index in [-0.39, 0.29) is 5.97 Å². The van der Waals surface area contributed by atoms with Crippen LogP contribution in [0.3, 0.4) is 0 Å². The highest BCUT2D eigenvalue weighted by Crippen LogP contribution is 2.30. The predicted octanol–water partition coefficient (Wildman–Crippen LogP) is 3.78. The number of carbonyl (C=O) groups is 1. The van der Waals surface area contributed by atoms with Crippen molar-refractivity contribution in [2.75, 3.05) is 13.7 Å². The molecule has 0 spiro atoms. The summed E-state index contributed by atoms with van der Waals surface area (Å²) in [6.45, 7) is 8.29. The molecule has 1 unspecified atom stereocenters. The van der Waals surface area contributed by atoms with E-state index in [0.717, 1.165) is 12.2 Å². The molecule has 0 saturated heterocycles. The number of methoxy groups -OCH3 is 1. The Morgan fingerprint density at radius 3 is 2.53 bits per heavy atom. The molecule has 0 N–H and O–H groups in total. The summed E-state index contributed by atoms with van der Waals surface area (Å²) in [6.07, 6.45) is 1.06. The third-order valence-electron chi connectivity index (χ3n) is 3.39. The van der Waals surface area contributed by atoms with Crippen molar-refractivity contribution in [3.63, 3.8) is 0 Å². The number of hydrogen-bond acceptors (Lipinski definition) is 3. The molecule has 1 atom stereocenters. The van der Waals surface area contributed by atoms with Crippen LogP contribution in [-0.2, 0) is 9.53 Å². The smallest absolute Gasteiger partial charge is 0.314 e. The Morgan fingerprint density at radius 1 is 1.32 bits per heavy atom. The van der Waals surface area contributed by atoms with Gasteiger partial charge >= 0.3 is 5.97 Å². The molecule has 3 nitrogen and oxygen atoms in total. The monoisotopic (exact) mass is 264 g/mol. The van der Waals surface area contributed by atoms with Gasteiger partial charge in [-0.25, -0.2) is 0 Å². The molecule has 3 heteroatoms. The maximum absolute atomic E-state index is 11.6. The fraction of sp³-hybridized carbons (Fsp3) is 0.562. The Balaban J connectivity index is 2.81. The highest BCUT2D eigenvalue weighted by atomic mass is 16.5. The van der Waals surface area contributed by atoms with Crippen molar-refractivity contribution in [1.82, 2.24) is 0 Å². The van der Waals surface area contributed by atoms with E-state index in [4.69, 9.17) is 9.47 Å². The van der Waals surface area contributed by atoms with Crippen molar-refractivity contribution in [2.24, 2.45) is 5.41 Å². The minimum Gasteiger partial charge on any atom is -0.492 e. The molecule has 0 aromatic heterocycles. The molecule has 0 aliphatic carbocycles. The zero-order valence-electron chi connectivity index (χ0n) is 12.5. The number of esters is 1. The van der Waals surface area contributed by atoms with Gasteiger partial charge in [-0.15, -0.1) is 0 Å². The van der Waals surface area contributed by atoms with Gasteiger partial charge in [0, 0.05) is 0 Å². The van der Waals surface area contributed by atoms with Gasteiger partial charge in [-0.2, -0.15) is 0 Å². The number of hydrogen-bond donors (Lipinski definition) is 0. The van der Waals surface area contributed by atoms with Gasteiger partial charge in [-0.05, 0) is 37.8 Å². The van der Waals surface area contributed by atoms with Gasteiger partial charge in [0.05, 0.1) is 12.5 Å². The molecule has 0 heterocycles. The molecule has 1 aromatic rings. The Bertz CT molecular complexity index is 424. The van der Waals surface area contributed by atoms with E-state index < -0.39 is 5.41 Å². The van der Waals surface area contributed by atoms with Crippen molar-refractivity contribution in [2.45, 2.75) is 40.0 Å². The van der Waals surface area contributed by atoms with Crippen LogP contribution in [0.25, 0.3) is 0 Å². The fourth-order valence-electron chi connectivity index (χ4n) is 1.83. The average Bonchev–Trinajstić information content (AvgIpc) is 2.43. The molecule has 0 bridgehead atoms. The lowest BCUT2D eigenvalue weighted by molar-refractivity contribution is -0.152. The van der Waals surface area contributed by atoms with E-state index in [9.17, 15) is 4.79 Å². The summed E-state index contributed by atoms with van der Waals surface area (Å²) in [5, 5.41) is 0. The number of carbonyl (C=O) groups excluding carboxylic acids is 1. The molecule has 0 aliphatic heterocycles. The zero-order chi connectivity index (χ0) is 14.5. The first-order valence-electron chi connectivity index (χ1n) is 6.72. The van der Waals surface area contributed by atoms with Gasteiger partial charge in [-0.3, -0.25) is 4.79 Å². The Kier molecular flexibility index (Phi) is 5.40. The van der Waals surface area contributed by atoms with Crippen molar-refractivity contribution < 1.29 is 14.3 Å². The number of benzene rings is 1. The first-order valence-corrected chi connectivity index (χ1v) is 6.72. The van der Waals surface area contributed by atoms with Crippen molar-refractivity contribution >= 4 is 5.97 Å². The topological polar surface area (TPSA) is 35.5 Å². The molecule has 0 fully saturated rings. The SMILES string of the molecule is CCC(C)c1ccccc1OCC(C)(C)C(=O)OC. The van der Waals surface area contributed by atoms with Crippen molar-refractivity contribution in [1.29, 1.82) is 0 Å². The summed E-state index contributed by atoms with van der Waals surface area (Å²) in [4.78, 5) is 11.6. The second kappa shape index (κ2) is 6.60.